The molecule has 2 aliphatic heterocycles. The van der Waals surface area contributed by atoms with Gasteiger partial charge in [-0.1, -0.05) is 37.3 Å². The molecule has 112 valence electrons. The SMILES string of the molecule is CC1C2(C(=O)NC(N)=C2C#N)C(=O)NC1(O)c1ccccc1. The van der Waals surface area contributed by atoms with Crippen LogP contribution in [-0.2, 0) is 15.3 Å². The zero-order valence-corrected chi connectivity index (χ0v) is 11.8. The van der Waals surface area contributed by atoms with E-state index in [0.717, 1.165) is 0 Å². The lowest BCUT2D eigenvalue weighted by Gasteiger charge is -2.31. The molecule has 1 saturated heterocycles. The van der Waals surface area contributed by atoms with Crippen LogP contribution in [0.1, 0.15) is 12.5 Å². The van der Waals surface area contributed by atoms with Crippen LogP contribution in [0.5, 0.6) is 0 Å². The first-order valence-corrected chi connectivity index (χ1v) is 6.71. The van der Waals surface area contributed by atoms with Crippen molar-refractivity contribution in [1.29, 1.82) is 5.26 Å². The van der Waals surface area contributed by atoms with E-state index in [1.807, 2.05) is 6.07 Å². The molecule has 7 heteroatoms. The van der Waals surface area contributed by atoms with Crippen LogP contribution >= 0.6 is 0 Å². The topological polar surface area (TPSA) is 128 Å². The van der Waals surface area contributed by atoms with Gasteiger partial charge in [-0.3, -0.25) is 9.59 Å². The number of rotatable bonds is 1. The van der Waals surface area contributed by atoms with Gasteiger partial charge >= 0.3 is 0 Å². The van der Waals surface area contributed by atoms with Crippen LogP contribution in [0.25, 0.3) is 0 Å². The number of nitriles is 1. The molecule has 7 nitrogen and oxygen atoms in total. The van der Waals surface area contributed by atoms with Crippen molar-refractivity contribution in [3.63, 3.8) is 0 Å². The molecule has 0 aliphatic carbocycles. The Labute approximate surface area is 126 Å². The summed E-state index contributed by atoms with van der Waals surface area (Å²) in [6.07, 6.45) is 0. The van der Waals surface area contributed by atoms with Crippen LogP contribution in [0.3, 0.4) is 0 Å². The second-order valence-electron chi connectivity index (χ2n) is 5.47. The molecule has 3 rings (SSSR count). The minimum Gasteiger partial charge on any atom is -0.384 e. The van der Waals surface area contributed by atoms with Crippen molar-refractivity contribution >= 4 is 11.8 Å². The molecule has 1 aromatic carbocycles. The van der Waals surface area contributed by atoms with Crippen LogP contribution < -0.4 is 16.4 Å². The van der Waals surface area contributed by atoms with Gasteiger partial charge in [0.05, 0.1) is 5.57 Å². The Kier molecular flexibility index (Phi) is 2.77. The number of hydrogen-bond donors (Lipinski definition) is 4. The van der Waals surface area contributed by atoms with E-state index in [1.54, 1.807) is 37.3 Å². The first-order chi connectivity index (χ1) is 10.4. The molecule has 3 unspecified atom stereocenters. The Hall–Kier alpha value is -2.85. The first kappa shape index (κ1) is 14.1. The van der Waals surface area contributed by atoms with Crippen molar-refractivity contribution in [3.05, 3.63) is 47.3 Å². The third kappa shape index (κ3) is 1.42. The van der Waals surface area contributed by atoms with Crippen LogP contribution in [-0.4, -0.2) is 16.9 Å². The number of amides is 2. The second kappa shape index (κ2) is 4.32. The van der Waals surface area contributed by atoms with Crippen molar-refractivity contribution in [1.82, 2.24) is 10.6 Å². The van der Waals surface area contributed by atoms with E-state index in [2.05, 4.69) is 10.6 Å². The lowest BCUT2D eigenvalue weighted by atomic mass is 9.69. The van der Waals surface area contributed by atoms with Crippen molar-refractivity contribution in [3.8, 4) is 6.07 Å². The smallest absolute Gasteiger partial charge is 0.247 e. The number of nitrogens with two attached hydrogens (primary N) is 1. The van der Waals surface area contributed by atoms with Gasteiger partial charge in [-0.2, -0.15) is 5.26 Å². The van der Waals surface area contributed by atoms with Crippen LogP contribution in [0.4, 0.5) is 0 Å². The number of carbonyl (C=O) groups excluding carboxylic acids is 2. The molecule has 1 spiro atoms. The van der Waals surface area contributed by atoms with Gasteiger partial charge in [0.1, 0.15) is 11.9 Å². The number of nitrogens with one attached hydrogen (secondary N) is 2. The summed E-state index contributed by atoms with van der Waals surface area (Å²) in [5.74, 6) is -2.49. The summed E-state index contributed by atoms with van der Waals surface area (Å²) in [6, 6.07) is 10.3. The van der Waals surface area contributed by atoms with Gasteiger partial charge in [-0.25, -0.2) is 0 Å². The summed E-state index contributed by atoms with van der Waals surface area (Å²) in [6.45, 7) is 1.54. The number of aliphatic hydroxyl groups is 1. The second-order valence-corrected chi connectivity index (χ2v) is 5.47. The van der Waals surface area contributed by atoms with Crippen molar-refractivity contribution in [2.45, 2.75) is 12.6 Å². The number of nitrogens with zero attached hydrogens (tertiary/aromatic N) is 1. The van der Waals surface area contributed by atoms with Crippen LogP contribution in [0.15, 0.2) is 41.7 Å². The average molecular weight is 298 g/mol. The number of benzene rings is 1. The predicted molar refractivity (Wildman–Crippen MR) is 75.0 cm³/mol. The normalized spacial score (nSPS) is 33.8. The van der Waals surface area contributed by atoms with Gasteiger partial charge < -0.3 is 21.5 Å². The van der Waals surface area contributed by atoms with E-state index < -0.39 is 28.9 Å². The summed E-state index contributed by atoms with van der Waals surface area (Å²) < 4.78 is 0. The minimum atomic E-state index is -1.82. The molecule has 3 atom stereocenters. The molecular formula is C15H14N4O3. The quantitative estimate of drug-likeness (QED) is 0.515. The Bertz CT molecular complexity index is 752. The van der Waals surface area contributed by atoms with E-state index in [0.29, 0.717) is 5.56 Å². The lowest BCUT2D eigenvalue weighted by molar-refractivity contribution is -0.138. The summed E-state index contributed by atoms with van der Waals surface area (Å²) in [5, 5.41) is 25.1. The largest absolute Gasteiger partial charge is 0.384 e. The third-order valence-electron chi connectivity index (χ3n) is 4.53. The maximum atomic E-state index is 12.6. The molecule has 5 N–H and O–H groups in total. The fourth-order valence-electron chi connectivity index (χ4n) is 3.29. The molecule has 2 heterocycles. The Balaban J connectivity index is 2.20. The number of carbonyl (C=O) groups is 2. The summed E-state index contributed by atoms with van der Waals surface area (Å²) in [5.41, 5.74) is 2.35. The Morgan fingerprint density at radius 3 is 2.50 bits per heavy atom. The number of hydrogen-bond acceptors (Lipinski definition) is 5. The highest BCUT2D eigenvalue weighted by atomic mass is 16.3. The van der Waals surface area contributed by atoms with Gasteiger partial charge in [0.15, 0.2) is 11.1 Å². The molecule has 0 aromatic heterocycles. The molecule has 0 saturated carbocycles. The molecule has 22 heavy (non-hydrogen) atoms. The van der Waals surface area contributed by atoms with Gasteiger partial charge in [0.25, 0.3) is 0 Å². The fourth-order valence-corrected chi connectivity index (χ4v) is 3.29. The molecule has 1 fully saturated rings. The van der Waals surface area contributed by atoms with E-state index in [9.17, 15) is 20.0 Å². The monoisotopic (exact) mass is 298 g/mol. The van der Waals surface area contributed by atoms with Gasteiger partial charge in [-0.15, -0.1) is 0 Å². The van der Waals surface area contributed by atoms with E-state index in [4.69, 9.17) is 5.73 Å². The van der Waals surface area contributed by atoms with E-state index >= 15 is 0 Å². The minimum absolute atomic E-state index is 0.146. The van der Waals surface area contributed by atoms with Crippen LogP contribution in [0, 0.1) is 22.7 Å². The molecule has 2 amide bonds. The molecule has 1 aromatic rings. The standard InChI is InChI=1S/C15H14N4O3/c1-8-14(10(7-16)11(17)18-12(14)20)13(21)19-15(8,22)9-5-3-2-4-6-9/h2-6,8,22H,17H2,1H3,(H,18,20)(H,19,21). The summed E-state index contributed by atoms with van der Waals surface area (Å²) in [4.78, 5) is 24.9. The Morgan fingerprint density at radius 1 is 1.27 bits per heavy atom. The summed E-state index contributed by atoms with van der Waals surface area (Å²) in [7, 11) is 0. The fraction of sp³-hybridized carbons (Fsp3) is 0.267. The maximum Gasteiger partial charge on any atom is 0.247 e. The third-order valence-corrected chi connectivity index (χ3v) is 4.53. The van der Waals surface area contributed by atoms with E-state index in [1.165, 1.54) is 0 Å². The van der Waals surface area contributed by atoms with Crippen molar-refractivity contribution in [2.75, 3.05) is 0 Å². The van der Waals surface area contributed by atoms with Crippen molar-refractivity contribution < 1.29 is 14.7 Å². The highest BCUT2D eigenvalue weighted by molar-refractivity contribution is 6.14. The lowest BCUT2D eigenvalue weighted by Crippen LogP contribution is -2.45. The maximum absolute atomic E-state index is 12.6. The van der Waals surface area contributed by atoms with E-state index in [-0.39, 0.29) is 11.4 Å². The zero-order valence-electron chi connectivity index (χ0n) is 11.8. The van der Waals surface area contributed by atoms with Crippen LogP contribution in [0.2, 0.25) is 0 Å². The molecular weight excluding hydrogens is 284 g/mol. The Morgan fingerprint density at radius 2 is 1.91 bits per heavy atom. The van der Waals surface area contributed by atoms with Crippen molar-refractivity contribution in [2.24, 2.45) is 17.1 Å². The van der Waals surface area contributed by atoms with Gasteiger partial charge in [-0.05, 0) is 0 Å². The first-order valence-electron chi connectivity index (χ1n) is 6.71. The predicted octanol–water partition coefficient (Wildman–Crippen LogP) is -0.592. The zero-order chi connectivity index (χ0) is 16.1. The van der Waals surface area contributed by atoms with Gasteiger partial charge in [0, 0.05) is 11.5 Å². The molecule has 0 bridgehead atoms. The average Bonchev–Trinajstić information content (AvgIpc) is 2.88. The molecule has 2 aliphatic rings. The highest BCUT2D eigenvalue weighted by Crippen LogP contribution is 2.52. The highest BCUT2D eigenvalue weighted by Gasteiger charge is 2.69. The van der Waals surface area contributed by atoms with Gasteiger partial charge in [0.2, 0.25) is 11.8 Å². The molecule has 0 radical (unpaired) electrons. The summed E-state index contributed by atoms with van der Waals surface area (Å²) >= 11 is 0.